The van der Waals surface area contributed by atoms with Crippen molar-refractivity contribution in [2.75, 3.05) is 31.6 Å². The molecule has 0 aromatic heterocycles. The van der Waals surface area contributed by atoms with Crippen LogP contribution in [-0.2, 0) is 9.53 Å². The Balaban J connectivity index is 1.83. The van der Waals surface area contributed by atoms with Gasteiger partial charge in [0, 0.05) is 19.6 Å². The molecule has 1 unspecified atom stereocenters. The molecule has 0 aliphatic carbocycles. The number of rotatable bonds is 5. The van der Waals surface area contributed by atoms with Crippen molar-refractivity contribution in [2.45, 2.75) is 20.0 Å². The Morgan fingerprint density at radius 1 is 1.50 bits per heavy atom. The lowest BCUT2D eigenvalue weighted by molar-refractivity contribution is -0.149. The fourth-order valence-electron chi connectivity index (χ4n) is 2.39. The summed E-state index contributed by atoms with van der Waals surface area (Å²) in [7, 11) is 0. The van der Waals surface area contributed by atoms with Crippen LogP contribution in [0.5, 0.6) is 0 Å². The molecule has 8 heteroatoms. The van der Waals surface area contributed by atoms with E-state index >= 15 is 0 Å². The normalized spacial score (nSPS) is 18.0. The Morgan fingerprint density at radius 2 is 2.25 bits per heavy atom. The molecule has 0 radical (unpaired) electrons. The maximum atomic E-state index is 13.7. The van der Waals surface area contributed by atoms with Gasteiger partial charge in [0.2, 0.25) is 5.91 Å². The average Bonchev–Trinajstić information content (AvgIpc) is 2.52. The largest absolute Gasteiger partial charge is 0.365 e. The Bertz CT molecular complexity index is 612. The second-order valence-corrected chi connectivity index (χ2v) is 6.47. The topological polar surface area (TPSA) is 70.7 Å². The first-order valence-corrected chi connectivity index (χ1v) is 8.13. The molecular weight excluding hydrogens is 337 g/mol. The number of nitrogens with zero attached hydrogens (tertiary/aromatic N) is 1. The van der Waals surface area contributed by atoms with Crippen molar-refractivity contribution in [2.24, 2.45) is 5.92 Å². The van der Waals surface area contributed by atoms with Crippen LogP contribution in [0.2, 0.25) is 5.02 Å². The summed E-state index contributed by atoms with van der Waals surface area (Å²) in [5, 5.41) is 4.95. The summed E-state index contributed by atoms with van der Waals surface area (Å²) in [5.41, 5.74) is 0.00109. The van der Waals surface area contributed by atoms with E-state index in [1.165, 1.54) is 12.1 Å². The molecule has 1 saturated heterocycles. The number of amides is 3. The molecule has 1 fully saturated rings. The van der Waals surface area contributed by atoms with Crippen LogP contribution in [-0.4, -0.2) is 49.2 Å². The van der Waals surface area contributed by atoms with Crippen LogP contribution in [0.3, 0.4) is 0 Å². The maximum absolute atomic E-state index is 13.7. The third kappa shape index (κ3) is 5.07. The van der Waals surface area contributed by atoms with E-state index in [4.69, 9.17) is 16.3 Å². The van der Waals surface area contributed by atoms with E-state index < -0.39 is 11.8 Å². The summed E-state index contributed by atoms with van der Waals surface area (Å²) in [5.74, 6) is -0.378. The quantitative estimate of drug-likeness (QED) is 0.850. The van der Waals surface area contributed by atoms with E-state index in [2.05, 4.69) is 10.6 Å². The number of ether oxygens (including phenoxy) is 1. The van der Waals surface area contributed by atoms with E-state index in [0.29, 0.717) is 19.0 Å². The molecule has 0 saturated carbocycles. The predicted molar refractivity (Wildman–Crippen MR) is 89.6 cm³/mol. The van der Waals surface area contributed by atoms with Gasteiger partial charge in [-0.1, -0.05) is 31.5 Å². The molecule has 3 amide bonds. The zero-order valence-electron chi connectivity index (χ0n) is 13.6. The number of halogens is 2. The van der Waals surface area contributed by atoms with E-state index in [1.54, 1.807) is 11.0 Å². The lowest BCUT2D eigenvalue weighted by Gasteiger charge is -2.33. The number of nitrogens with one attached hydrogen (secondary N) is 2. The van der Waals surface area contributed by atoms with Crippen LogP contribution in [0.4, 0.5) is 14.9 Å². The van der Waals surface area contributed by atoms with Gasteiger partial charge in [0.05, 0.1) is 16.8 Å². The van der Waals surface area contributed by atoms with Crippen molar-refractivity contribution in [3.05, 3.63) is 29.0 Å². The standard InChI is InChI=1S/C16H21ClFN3O3/c1-10(2)7-21-8-11(24-9-14(21)22)6-19-16(23)20-13-5-3-4-12(17)15(13)18/h3-5,10-11H,6-9H2,1-2H3,(H2,19,20,23). The number of benzene rings is 1. The second-order valence-electron chi connectivity index (χ2n) is 6.06. The molecule has 0 spiro atoms. The van der Waals surface area contributed by atoms with Crippen molar-refractivity contribution in [1.29, 1.82) is 0 Å². The van der Waals surface area contributed by atoms with Crippen LogP contribution in [0.1, 0.15) is 13.8 Å². The van der Waals surface area contributed by atoms with Crippen LogP contribution in [0.15, 0.2) is 18.2 Å². The Kier molecular flexibility index (Phi) is 6.39. The number of carbonyl (C=O) groups excluding carboxylic acids is 2. The van der Waals surface area contributed by atoms with Gasteiger partial charge in [-0.15, -0.1) is 0 Å². The van der Waals surface area contributed by atoms with Gasteiger partial charge in [-0.25, -0.2) is 9.18 Å². The minimum Gasteiger partial charge on any atom is -0.365 e. The first kappa shape index (κ1) is 18.5. The van der Waals surface area contributed by atoms with Gasteiger partial charge in [0.25, 0.3) is 0 Å². The zero-order valence-corrected chi connectivity index (χ0v) is 14.4. The summed E-state index contributed by atoms with van der Waals surface area (Å²) in [6.07, 6.45) is -0.295. The smallest absolute Gasteiger partial charge is 0.319 e. The average molecular weight is 358 g/mol. The molecule has 0 bridgehead atoms. The van der Waals surface area contributed by atoms with Crippen LogP contribution < -0.4 is 10.6 Å². The highest BCUT2D eigenvalue weighted by atomic mass is 35.5. The summed E-state index contributed by atoms with van der Waals surface area (Å²) in [4.78, 5) is 25.4. The monoisotopic (exact) mass is 357 g/mol. The number of anilines is 1. The van der Waals surface area contributed by atoms with Crippen molar-refractivity contribution < 1.29 is 18.7 Å². The highest BCUT2D eigenvalue weighted by molar-refractivity contribution is 6.31. The predicted octanol–water partition coefficient (Wildman–Crippen LogP) is 2.48. The summed E-state index contributed by atoms with van der Waals surface area (Å²) >= 11 is 5.66. The number of carbonyl (C=O) groups is 2. The minimum atomic E-state index is -0.683. The van der Waals surface area contributed by atoms with Crippen molar-refractivity contribution in [3.8, 4) is 0 Å². The summed E-state index contributed by atoms with van der Waals surface area (Å²) in [6.45, 7) is 5.35. The molecular formula is C16H21ClFN3O3. The Labute approximate surface area is 145 Å². The Hall–Kier alpha value is -1.86. The highest BCUT2D eigenvalue weighted by Gasteiger charge is 2.26. The number of hydrogen-bond donors (Lipinski definition) is 2. The van der Waals surface area contributed by atoms with Gasteiger partial charge >= 0.3 is 6.03 Å². The van der Waals surface area contributed by atoms with Crippen molar-refractivity contribution >= 4 is 29.2 Å². The fourth-order valence-corrected chi connectivity index (χ4v) is 2.57. The first-order chi connectivity index (χ1) is 11.4. The van der Waals surface area contributed by atoms with Gasteiger partial charge in [-0.2, -0.15) is 0 Å². The van der Waals surface area contributed by atoms with E-state index in [9.17, 15) is 14.0 Å². The zero-order chi connectivity index (χ0) is 17.7. The molecule has 1 aromatic rings. The second kappa shape index (κ2) is 8.30. The molecule has 1 aliphatic rings. The van der Waals surface area contributed by atoms with Gasteiger partial charge in [0.15, 0.2) is 5.82 Å². The van der Waals surface area contributed by atoms with Gasteiger partial charge in [0.1, 0.15) is 6.61 Å². The van der Waals surface area contributed by atoms with E-state index in [0.717, 1.165) is 0 Å². The van der Waals surface area contributed by atoms with Crippen molar-refractivity contribution in [1.82, 2.24) is 10.2 Å². The third-order valence-corrected chi connectivity index (χ3v) is 3.79. The molecule has 1 heterocycles. The summed E-state index contributed by atoms with van der Waals surface area (Å²) < 4.78 is 19.1. The molecule has 24 heavy (non-hydrogen) atoms. The fraction of sp³-hybridized carbons (Fsp3) is 0.500. The lowest BCUT2D eigenvalue weighted by atomic mass is 10.1. The maximum Gasteiger partial charge on any atom is 0.319 e. The summed E-state index contributed by atoms with van der Waals surface area (Å²) in [6, 6.07) is 3.80. The van der Waals surface area contributed by atoms with Crippen LogP contribution in [0, 0.1) is 11.7 Å². The first-order valence-electron chi connectivity index (χ1n) is 7.75. The van der Waals surface area contributed by atoms with Crippen LogP contribution >= 0.6 is 11.6 Å². The molecule has 1 aliphatic heterocycles. The SMILES string of the molecule is CC(C)CN1CC(CNC(=O)Nc2cccc(Cl)c2F)OCC1=O. The van der Waals surface area contributed by atoms with E-state index in [1.807, 2.05) is 13.8 Å². The van der Waals surface area contributed by atoms with Gasteiger partial charge in [-0.3, -0.25) is 4.79 Å². The molecule has 132 valence electrons. The van der Waals surface area contributed by atoms with Gasteiger partial charge in [-0.05, 0) is 18.1 Å². The highest BCUT2D eigenvalue weighted by Crippen LogP contribution is 2.21. The third-order valence-electron chi connectivity index (χ3n) is 3.49. The molecule has 6 nitrogen and oxygen atoms in total. The minimum absolute atomic E-state index is 0.00109. The van der Waals surface area contributed by atoms with Gasteiger partial charge < -0.3 is 20.3 Å². The lowest BCUT2D eigenvalue weighted by Crippen LogP contribution is -2.51. The Morgan fingerprint density at radius 3 is 2.96 bits per heavy atom. The molecule has 2 N–H and O–H groups in total. The number of morpholine rings is 1. The van der Waals surface area contributed by atoms with Crippen LogP contribution in [0.25, 0.3) is 0 Å². The molecule has 1 aromatic carbocycles. The molecule has 1 atom stereocenters. The van der Waals surface area contributed by atoms with Crippen molar-refractivity contribution in [3.63, 3.8) is 0 Å². The number of hydrogen-bond acceptors (Lipinski definition) is 3. The molecule has 2 rings (SSSR count). The number of urea groups is 1. The van der Waals surface area contributed by atoms with E-state index in [-0.39, 0.29) is 35.9 Å².